The normalized spacial score (nSPS) is 15.3. The third-order valence-corrected chi connectivity index (χ3v) is 7.13. The number of amides is 1. The SMILES string of the molecule is CCOc1c(C#N)ccn2c(-c3ccc(Nc4ccc(N5CCC(O)CC5)cn4)c4c3CNC4=O)cnc12. The van der Waals surface area contributed by atoms with E-state index in [-0.39, 0.29) is 12.0 Å². The Kier molecular flexibility index (Phi) is 6.05. The number of pyridine rings is 2. The van der Waals surface area contributed by atoms with E-state index in [1.165, 1.54) is 0 Å². The average molecular weight is 510 g/mol. The van der Waals surface area contributed by atoms with Gasteiger partial charge in [-0.25, -0.2) is 9.97 Å². The molecule has 3 aromatic heterocycles. The zero-order valence-electron chi connectivity index (χ0n) is 20.9. The van der Waals surface area contributed by atoms with Crippen LogP contribution >= 0.6 is 0 Å². The highest BCUT2D eigenvalue weighted by molar-refractivity contribution is 6.06. The first-order valence-corrected chi connectivity index (χ1v) is 12.7. The highest BCUT2D eigenvalue weighted by atomic mass is 16.5. The van der Waals surface area contributed by atoms with Gasteiger partial charge < -0.3 is 25.4 Å². The Bertz CT molecular complexity index is 1560. The Balaban J connectivity index is 1.33. The lowest BCUT2D eigenvalue weighted by Gasteiger charge is -2.31. The number of carbonyl (C=O) groups is 1. The number of imidazole rings is 1. The molecule has 4 aromatic rings. The minimum absolute atomic E-state index is 0.150. The molecule has 1 saturated heterocycles. The van der Waals surface area contributed by atoms with E-state index in [2.05, 4.69) is 31.6 Å². The number of carbonyl (C=O) groups excluding carboxylic acids is 1. The molecule has 0 bridgehead atoms. The first-order valence-electron chi connectivity index (χ1n) is 12.7. The summed E-state index contributed by atoms with van der Waals surface area (Å²) in [6.45, 7) is 4.29. The second-order valence-corrected chi connectivity index (χ2v) is 9.38. The molecule has 0 unspecified atom stereocenters. The molecule has 0 spiro atoms. The summed E-state index contributed by atoms with van der Waals surface area (Å²) in [5.74, 6) is 0.937. The molecular weight excluding hydrogens is 482 g/mol. The summed E-state index contributed by atoms with van der Waals surface area (Å²) >= 11 is 0. The van der Waals surface area contributed by atoms with E-state index in [9.17, 15) is 15.2 Å². The topological polar surface area (TPSA) is 128 Å². The maximum atomic E-state index is 12.9. The summed E-state index contributed by atoms with van der Waals surface area (Å²) in [4.78, 5) is 24.2. The van der Waals surface area contributed by atoms with Gasteiger partial charge in [0.1, 0.15) is 11.9 Å². The number of nitrogens with zero attached hydrogens (tertiary/aromatic N) is 5. The van der Waals surface area contributed by atoms with Crippen LogP contribution in [0.25, 0.3) is 16.9 Å². The number of ether oxygens (including phenoxy) is 1. The van der Waals surface area contributed by atoms with Crippen molar-refractivity contribution in [3.8, 4) is 23.1 Å². The number of piperidine rings is 1. The van der Waals surface area contributed by atoms with Crippen LogP contribution in [-0.2, 0) is 6.54 Å². The van der Waals surface area contributed by atoms with Crippen molar-refractivity contribution in [2.75, 3.05) is 29.9 Å². The van der Waals surface area contributed by atoms with Gasteiger partial charge in [-0.2, -0.15) is 5.26 Å². The van der Waals surface area contributed by atoms with Crippen LogP contribution in [0.2, 0.25) is 0 Å². The van der Waals surface area contributed by atoms with Crippen LogP contribution in [0.4, 0.5) is 17.2 Å². The lowest BCUT2D eigenvalue weighted by molar-refractivity contribution is 0.0966. The second kappa shape index (κ2) is 9.68. The van der Waals surface area contributed by atoms with Gasteiger partial charge in [0.15, 0.2) is 11.4 Å². The molecule has 38 heavy (non-hydrogen) atoms. The van der Waals surface area contributed by atoms with E-state index in [1.807, 2.05) is 41.8 Å². The minimum Gasteiger partial charge on any atom is -0.489 e. The van der Waals surface area contributed by atoms with E-state index in [0.717, 1.165) is 48.4 Å². The van der Waals surface area contributed by atoms with E-state index >= 15 is 0 Å². The largest absolute Gasteiger partial charge is 0.489 e. The van der Waals surface area contributed by atoms with Gasteiger partial charge in [-0.3, -0.25) is 9.20 Å². The van der Waals surface area contributed by atoms with E-state index in [1.54, 1.807) is 18.5 Å². The molecule has 3 N–H and O–H groups in total. The summed E-state index contributed by atoms with van der Waals surface area (Å²) in [6, 6.07) is 11.6. The van der Waals surface area contributed by atoms with Crippen LogP contribution in [0.15, 0.2) is 48.9 Å². The number of aliphatic hydroxyl groups excluding tert-OH is 1. The number of nitriles is 1. The molecule has 1 fully saturated rings. The van der Waals surface area contributed by atoms with Crippen LogP contribution in [-0.4, -0.2) is 51.2 Å². The van der Waals surface area contributed by atoms with Crippen molar-refractivity contribution in [3.63, 3.8) is 0 Å². The maximum absolute atomic E-state index is 12.9. The van der Waals surface area contributed by atoms with Crippen molar-refractivity contribution in [2.45, 2.75) is 32.4 Å². The Morgan fingerprint density at radius 2 is 2.03 bits per heavy atom. The molecule has 0 aliphatic carbocycles. The van der Waals surface area contributed by atoms with Crippen LogP contribution in [0.3, 0.4) is 0 Å². The standard InChI is InChI=1S/C28H27N7O3/c1-2-38-26-17(13-29)7-12-35-23(16-31-27(26)35)20-4-5-22(25-21(20)15-32-28(25)37)33-24-6-3-18(14-30-24)34-10-8-19(36)9-11-34/h3-7,12,14,16,19,36H,2,8-11,15H2,1H3,(H,30,33)(H,32,37). The van der Waals surface area contributed by atoms with Gasteiger partial charge >= 0.3 is 0 Å². The fourth-order valence-corrected chi connectivity index (χ4v) is 5.20. The molecule has 0 atom stereocenters. The van der Waals surface area contributed by atoms with Crippen molar-refractivity contribution in [3.05, 3.63) is 65.6 Å². The predicted molar refractivity (Wildman–Crippen MR) is 143 cm³/mol. The molecule has 5 heterocycles. The molecule has 0 radical (unpaired) electrons. The third-order valence-electron chi connectivity index (χ3n) is 7.13. The number of hydrogen-bond acceptors (Lipinski definition) is 8. The summed E-state index contributed by atoms with van der Waals surface area (Å²) in [6.07, 6.45) is 6.65. The molecule has 1 aromatic carbocycles. The highest BCUT2D eigenvalue weighted by Gasteiger charge is 2.28. The summed E-state index contributed by atoms with van der Waals surface area (Å²) in [5, 5.41) is 25.5. The molecule has 2 aliphatic heterocycles. The van der Waals surface area contributed by atoms with Gasteiger partial charge in [-0.1, -0.05) is 6.07 Å². The van der Waals surface area contributed by atoms with Gasteiger partial charge in [0.2, 0.25) is 0 Å². The quantitative estimate of drug-likeness (QED) is 0.360. The molecule has 2 aliphatic rings. The Hall–Kier alpha value is -4.62. The number of benzene rings is 1. The number of anilines is 3. The van der Waals surface area contributed by atoms with Crippen molar-refractivity contribution in [2.24, 2.45) is 0 Å². The number of aromatic nitrogens is 3. The van der Waals surface area contributed by atoms with E-state index in [0.29, 0.717) is 47.2 Å². The molecule has 192 valence electrons. The minimum atomic E-state index is -0.223. The van der Waals surface area contributed by atoms with Gasteiger partial charge in [-0.05, 0) is 49.6 Å². The zero-order chi connectivity index (χ0) is 26.2. The zero-order valence-corrected chi connectivity index (χ0v) is 20.9. The van der Waals surface area contributed by atoms with Crippen molar-refractivity contribution in [1.29, 1.82) is 5.26 Å². The molecule has 6 rings (SSSR count). The maximum Gasteiger partial charge on any atom is 0.254 e. The third kappa shape index (κ3) is 4.07. The van der Waals surface area contributed by atoms with Crippen LogP contribution < -0.4 is 20.3 Å². The predicted octanol–water partition coefficient (Wildman–Crippen LogP) is 3.61. The van der Waals surface area contributed by atoms with Gasteiger partial charge in [0.25, 0.3) is 5.91 Å². The fourth-order valence-electron chi connectivity index (χ4n) is 5.20. The average Bonchev–Trinajstić information content (AvgIpc) is 3.55. The second-order valence-electron chi connectivity index (χ2n) is 9.38. The monoisotopic (exact) mass is 509 g/mol. The first kappa shape index (κ1) is 23.8. The fraction of sp³-hybridized carbons (Fsp3) is 0.286. The van der Waals surface area contributed by atoms with Crippen LogP contribution in [0.5, 0.6) is 5.75 Å². The molecule has 0 saturated carbocycles. The first-order chi connectivity index (χ1) is 18.6. The molecule has 10 nitrogen and oxygen atoms in total. The Morgan fingerprint density at radius 3 is 2.76 bits per heavy atom. The summed E-state index contributed by atoms with van der Waals surface area (Å²) < 4.78 is 7.62. The van der Waals surface area contributed by atoms with E-state index in [4.69, 9.17) is 4.74 Å². The number of fused-ring (bicyclic) bond motifs is 2. The van der Waals surface area contributed by atoms with Gasteiger partial charge in [0, 0.05) is 31.4 Å². The van der Waals surface area contributed by atoms with Crippen LogP contribution in [0, 0.1) is 11.3 Å². The number of aliphatic hydroxyl groups is 1. The van der Waals surface area contributed by atoms with Gasteiger partial charge in [0.05, 0.1) is 53.3 Å². The Labute approximate surface area is 219 Å². The van der Waals surface area contributed by atoms with Crippen LogP contribution in [0.1, 0.15) is 41.3 Å². The number of hydrogen-bond donors (Lipinski definition) is 3. The smallest absolute Gasteiger partial charge is 0.254 e. The van der Waals surface area contributed by atoms with Crippen molar-refractivity contribution < 1.29 is 14.6 Å². The van der Waals surface area contributed by atoms with Crippen molar-refractivity contribution >= 4 is 28.7 Å². The highest BCUT2D eigenvalue weighted by Crippen LogP contribution is 2.37. The lowest BCUT2D eigenvalue weighted by atomic mass is 9.99. The Morgan fingerprint density at radius 1 is 1.18 bits per heavy atom. The summed E-state index contributed by atoms with van der Waals surface area (Å²) in [7, 11) is 0. The molecule has 10 heteroatoms. The summed E-state index contributed by atoms with van der Waals surface area (Å²) in [5.41, 5.74) is 5.80. The lowest BCUT2D eigenvalue weighted by Crippen LogP contribution is -2.35. The van der Waals surface area contributed by atoms with Gasteiger partial charge in [-0.15, -0.1) is 0 Å². The number of rotatable bonds is 6. The number of nitrogens with one attached hydrogen (secondary N) is 2. The molecular formula is C28H27N7O3. The van der Waals surface area contributed by atoms with Crippen molar-refractivity contribution in [1.82, 2.24) is 19.7 Å². The van der Waals surface area contributed by atoms with E-state index < -0.39 is 0 Å². The molecule has 1 amide bonds.